The van der Waals surface area contributed by atoms with Gasteiger partial charge in [-0.05, 0) is 49.0 Å². The zero-order valence-electron chi connectivity index (χ0n) is 12.1. The third-order valence-electron chi connectivity index (χ3n) is 2.96. The molecule has 0 unspecified atom stereocenters. The summed E-state index contributed by atoms with van der Waals surface area (Å²) in [7, 11) is 0. The molecule has 2 aromatic rings. The number of carboxylic acid groups (broad SMARTS) is 1. The summed E-state index contributed by atoms with van der Waals surface area (Å²) in [5.74, 6) is -1.71. The van der Waals surface area contributed by atoms with Gasteiger partial charge in [0.25, 0.3) is 5.91 Å². The van der Waals surface area contributed by atoms with Gasteiger partial charge in [-0.25, -0.2) is 0 Å². The summed E-state index contributed by atoms with van der Waals surface area (Å²) in [5, 5.41) is 16.3. The maximum absolute atomic E-state index is 12.1. The molecule has 0 radical (unpaired) electrons. The Morgan fingerprint density at radius 1 is 1.13 bits per heavy atom. The lowest BCUT2D eigenvalue weighted by atomic mass is 10.1. The molecule has 2 rings (SSSR count). The summed E-state index contributed by atoms with van der Waals surface area (Å²) in [6, 6.07) is 11.0. The number of aryl methyl sites for hydroxylation is 1. The van der Waals surface area contributed by atoms with Crippen molar-refractivity contribution in [3.05, 3.63) is 64.2 Å². The predicted molar refractivity (Wildman–Crippen MR) is 90.6 cm³/mol. The van der Waals surface area contributed by atoms with E-state index in [0.29, 0.717) is 5.56 Å². The van der Waals surface area contributed by atoms with Crippen molar-refractivity contribution in [2.45, 2.75) is 6.92 Å². The zero-order valence-corrected chi connectivity index (χ0v) is 13.6. The average molecular weight is 348 g/mol. The fourth-order valence-electron chi connectivity index (χ4n) is 1.86. The molecular formula is C16H12ClN2O3S-. The smallest absolute Gasteiger partial charge is 0.257 e. The Hall–Kier alpha value is -2.44. The third kappa shape index (κ3) is 4.51. The normalized spacial score (nSPS) is 10.0. The summed E-state index contributed by atoms with van der Waals surface area (Å²) in [5.41, 5.74) is 1.62. The Kier molecular flexibility index (Phi) is 5.31. The molecule has 2 N–H and O–H groups in total. The molecule has 23 heavy (non-hydrogen) atoms. The number of hydrogen-bond donors (Lipinski definition) is 2. The van der Waals surface area contributed by atoms with Crippen LogP contribution in [0.4, 0.5) is 5.69 Å². The second-order valence-corrected chi connectivity index (χ2v) is 5.58. The number of thiocarbonyl (C=S) groups is 1. The van der Waals surface area contributed by atoms with Crippen molar-refractivity contribution in [1.29, 1.82) is 0 Å². The minimum absolute atomic E-state index is 0.00824. The van der Waals surface area contributed by atoms with Gasteiger partial charge in [-0.3, -0.25) is 10.1 Å². The minimum Gasteiger partial charge on any atom is -0.545 e. The monoisotopic (exact) mass is 347 g/mol. The van der Waals surface area contributed by atoms with Gasteiger partial charge in [0.15, 0.2) is 5.11 Å². The van der Waals surface area contributed by atoms with Gasteiger partial charge >= 0.3 is 0 Å². The average Bonchev–Trinajstić information content (AvgIpc) is 2.49. The highest BCUT2D eigenvalue weighted by molar-refractivity contribution is 7.80. The molecule has 1 amide bonds. The first-order valence-electron chi connectivity index (χ1n) is 6.56. The van der Waals surface area contributed by atoms with Crippen LogP contribution in [0.5, 0.6) is 0 Å². The molecule has 0 aliphatic carbocycles. The molecule has 5 nitrogen and oxygen atoms in total. The van der Waals surface area contributed by atoms with Crippen LogP contribution in [-0.2, 0) is 0 Å². The van der Waals surface area contributed by atoms with Crippen molar-refractivity contribution in [1.82, 2.24) is 5.32 Å². The lowest BCUT2D eigenvalue weighted by Gasteiger charge is -2.13. The van der Waals surface area contributed by atoms with E-state index in [1.807, 2.05) is 13.0 Å². The van der Waals surface area contributed by atoms with Crippen molar-refractivity contribution in [3.63, 3.8) is 0 Å². The summed E-state index contributed by atoms with van der Waals surface area (Å²) < 4.78 is 0. The predicted octanol–water partition coefficient (Wildman–Crippen LogP) is 2.14. The molecule has 118 valence electrons. The second kappa shape index (κ2) is 7.21. The van der Waals surface area contributed by atoms with E-state index in [9.17, 15) is 14.7 Å². The molecule has 0 aromatic heterocycles. The Balaban J connectivity index is 2.09. The minimum atomic E-state index is -1.33. The summed E-state index contributed by atoms with van der Waals surface area (Å²) >= 11 is 11.0. The maximum atomic E-state index is 12.1. The lowest BCUT2D eigenvalue weighted by Crippen LogP contribution is -2.34. The molecule has 0 fully saturated rings. The van der Waals surface area contributed by atoms with Gasteiger partial charge in [0.1, 0.15) is 0 Å². The standard InChI is InChI=1S/C16H13ClN2O3S/c1-9-3-2-4-10(7-9)14(20)19-16(23)18-13-8-11(15(21)22)5-6-12(13)17/h2-8H,1H3,(H,21,22)(H2,18,19,20,23)/p-1. The highest BCUT2D eigenvalue weighted by Crippen LogP contribution is 2.22. The topological polar surface area (TPSA) is 81.3 Å². The van der Waals surface area contributed by atoms with E-state index in [4.69, 9.17) is 23.8 Å². The number of halogens is 1. The van der Waals surface area contributed by atoms with Gasteiger partial charge in [-0.2, -0.15) is 0 Å². The fourth-order valence-corrected chi connectivity index (χ4v) is 2.23. The van der Waals surface area contributed by atoms with Crippen molar-refractivity contribution < 1.29 is 14.7 Å². The van der Waals surface area contributed by atoms with Crippen molar-refractivity contribution in [2.75, 3.05) is 5.32 Å². The largest absolute Gasteiger partial charge is 0.545 e. The lowest BCUT2D eigenvalue weighted by molar-refractivity contribution is -0.255. The SMILES string of the molecule is Cc1cccc(C(=O)NC(=S)Nc2cc(C(=O)[O-])ccc2Cl)c1. The third-order valence-corrected chi connectivity index (χ3v) is 3.49. The van der Waals surface area contributed by atoms with Gasteiger partial charge in [0.05, 0.1) is 16.7 Å². The molecule has 0 bridgehead atoms. The number of carbonyl (C=O) groups is 2. The van der Waals surface area contributed by atoms with Crippen LogP contribution in [0.1, 0.15) is 26.3 Å². The first kappa shape index (κ1) is 16.9. The van der Waals surface area contributed by atoms with Crippen LogP contribution < -0.4 is 15.7 Å². The zero-order chi connectivity index (χ0) is 17.0. The highest BCUT2D eigenvalue weighted by Gasteiger charge is 2.10. The second-order valence-electron chi connectivity index (χ2n) is 4.76. The molecule has 2 aromatic carbocycles. The van der Waals surface area contributed by atoms with Gasteiger partial charge in [-0.1, -0.05) is 35.4 Å². The summed E-state index contributed by atoms with van der Waals surface area (Å²) in [6.07, 6.45) is 0. The van der Waals surface area contributed by atoms with Crippen LogP contribution in [0.25, 0.3) is 0 Å². The van der Waals surface area contributed by atoms with Gasteiger partial charge in [-0.15, -0.1) is 0 Å². The molecule has 7 heteroatoms. The number of rotatable bonds is 3. The molecule has 0 aliphatic heterocycles. The molecule has 0 spiro atoms. The van der Waals surface area contributed by atoms with Gasteiger partial charge < -0.3 is 15.2 Å². The van der Waals surface area contributed by atoms with Crippen molar-refractivity contribution in [2.24, 2.45) is 0 Å². The van der Waals surface area contributed by atoms with Crippen molar-refractivity contribution in [3.8, 4) is 0 Å². The molecule has 0 heterocycles. The number of hydrogen-bond acceptors (Lipinski definition) is 4. The molecular weight excluding hydrogens is 336 g/mol. The summed E-state index contributed by atoms with van der Waals surface area (Å²) in [4.78, 5) is 22.9. The van der Waals surface area contributed by atoms with E-state index in [1.165, 1.54) is 18.2 Å². The van der Waals surface area contributed by atoms with Crippen LogP contribution in [0.2, 0.25) is 5.02 Å². The Morgan fingerprint density at radius 3 is 2.52 bits per heavy atom. The first-order chi connectivity index (χ1) is 10.9. The Bertz CT molecular complexity index is 793. The first-order valence-corrected chi connectivity index (χ1v) is 7.35. The summed E-state index contributed by atoms with van der Waals surface area (Å²) in [6.45, 7) is 1.87. The van der Waals surface area contributed by atoms with Gasteiger partial charge in [0, 0.05) is 5.56 Å². The number of aromatic carboxylic acids is 1. The van der Waals surface area contributed by atoms with E-state index >= 15 is 0 Å². The fraction of sp³-hybridized carbons (Fsp3) is 0.0625. The van der Waals surface area contributed by atoms with E-state index in [0.717, 1.165) is 5.56 Å². The number of benzene rings is 2. The number of carboxylic acids is 1. The molecule has 0 atom stereocenters. The van der Waals surface area contributed by atoms with Crippen LogP contribution >= 0.6 is 23.8 Å². The Labute approximate surface area is 143 Å². The highest BCUT2D eigenvalue weighted by atomic mass is 35.5. The van der Waals surface area contributed by atoms with Crippen molar-refractivity contribution >= 4 is 46.5 Å². The number of carbonyl (C=O) groups excluding carboxylic acids is 2. The number of amides is 1. The quantitative estimate of drug-likeness (QED) is 0.831. The van der Waals surface area contributed by atoms with E-state index in [2.05, 4.69) is 10.6 Å². The van der Waals surface area contributed by atoms with E-state index in [1.54, 1.807) is 18.2 Å². The Morgan fingerprint density at radius 2 is 1.87 bits per heavy atom. The maximum Gasteiger partial charge on any atom is 0.257 e. The molecule has 0 aliphatic rings. The van der Waals surface area contributed by atoms with E-state index < -0.39 is 5.97 Å². The van der Waals surface area contributed by atoms with E-state index in [-0.39, 0.29) is 27.3 Å². The van der Waals surface area contributed by atoms with Crippen LogP contribution in [0, 0.1) is 6.92 Å². The number of anilines is 1. The molecule has 0 saturated carbocycles. The van der Waals surface area contributed by atoms with Crippen LogP contribution in [-0.4, -0.2) is 17.0 Å². The van der Waals surface area contributed by atoms with Crippen LogP contribution in [0.15, 0.2) is 42.5 Å². The van der Waals surface area contributed by atoms with Gasteiger partial charge in [0.2, 0.25) is 0 Å². The number of nitrogens with one attached hydrogen (secondary N) is 2. The van der Waals surface area contributed by atoms with Crippen LogP contribution in [0.3, 0.4) is 0 Å². The molecule has 0 saturated heterocycles.